The van der Waals surface area contributed by atoms with E-state index in [0.717, 1.165) is 5.56 Å². The zero-order valence-electron chi connectivity index (χ0n) is 12.5. The monoisotopic (exact) mass is 330 g/mol. The van der Waals surface area contributed by atoms with Crippen LogP contribution in [0.25, 0.3) is 6.08 Å². The van der Waals surface area contributed by atoms with Crippen LogP contribution >= 0.6 is 11.6 Å². The molecule has 6 heteroatoms. The first-order valence-corrected chi connectivity index (χ1v) is 7.34. The molecule has 2 rings (SSSR count). The normalized spacial score (nSPS) is 10.5. The molecule has 1 aromatic carbocycles. The lowest BCUT2D eigenvalue weighted by Gasteiger charge is -2.05. The van der Waals surface area contributed by atoms with Crippen molar-refractivity contribution in [3.8, 4) is 0 Å². The van der Waals surface area contributed by atoms with Crippen molar-refractivity contribution in [1.82, 2.24) is 4.98 Å². The van der Waals surface area contributed by atoms with Gasteiger partial charge in [0, 0.05) is 18.0 Å². The van der Waals surface area contributed by atoms with E-state index in [9.17, 15) is 9.59 Å². The minimum Gasteiger partial charge on any atom is -0.463 e. The highest BCUT2D eigenvalue weighted by Gasteiger charge is 2.06. The Morgan fingerprint density at radius 1 is 1.22 bits per heavy atom. The minimum absolute atomic E-state index is 0.274. The average molecular weight is 331 g/mol. The number of esters is 1. The summed E-state index contributed by atoms with van der Waals surface area (Å²) < 4.78 is 4.80. The fraction of sp³-hybridized carbons (Fsp3) is 0.118. The van der Waals surface area contributed by atoms with Crippen molar-refractivity contribution in [2.24, 2.45) is 0 Å². The number of rotatable bonds is 5. The molecule has 0 aliphatic carbocycles. The van der Waals surface area contributed by atoms with Crippen LogP contribution in [-0.2, 0) is 9.53 Å². The molecule has 5 nitrogen and oxygen atoms in total. The van der Waals surface area contributed by atoms with Crippen LogP contribution in [0.5, 0.6) is 0 Å². The van der Waals surface area contributed by atoms with Gasteiger partial charge in [0.2, 0.25) is 0 Å². The van der Waals surface area contributed by atoms with Crippen molar-refractivity contribution < 1.29 is 14.3 Å². The smallest absolute Gasteiger partial charge is 0.330 e. The molecule has 0 aliphatic rings. The van der Waals surface area contributed by atoms with Crippen molar-refractivity contribution in [3.05, 3.63) is 65.0 Å². The zero-order valence-corrected chi connectivity index (χ0v) is 13.2. The number of halogens is 1. The summed E-state index contributed by atoms with van der Waals surface area (Å²) in [6.45, 7) is 2.09. The highest BCUT2D eigenvalue weighted by Crippen LogP contribution is 2.13. The van der Waals surface area contributed by atoms with E-state index in [0.29, 0.717) is 23.0 Å². The van der Waals surface area contributed by atoms with Gasteiger partial charge in [-0.3, -0.25) is 4.79 Å². The van der Waals surface area contributed by atoms with Gasteiger partial charge in [0.15, 0.2) is 0 Å². The van der Waals surface area contributed by atoms with Crippen LogP contribution in [0.2, 0.25) is 5.15 Å². The van der Waals surface area contributed by atoms with Crippen LogP contribution in [0.3, 0.4) is 0 Å². The Hall–Kier alpha value is -2.66. The summed E-state index contributed by atoms with van der Waals surface area (Å²) >= 11 is 5.68. The second kappa shape index (κ2) is 8.10. The van der Waals surface area contributed by atoms with Gasteiger partial charge < -0.3 is 10.1 Å². The van der Waals surface area contributed by atoms with Gasteiger partial charge in [-0.25, -0.2) is 9.78 Å². The van der Waals surface area contributed by atoms with Crippen LogP contribution in [0.4, 0.5) is 5.69 Å². The number of amides is 1. The maximum absolute atomic E-state index is 12.0. The van der Waals surface area contributed by atoms with E-state index in [1.165, 1.54) is 12.3 Å². The van der Waals surface area contributed by atoms with E-state index >= 15 is 0 Å². The van der Waals surface area contributed by atoms with Crippen molar-refractivity contribution in [3.63, 3.8) is 0 Å². The summed E-state index contributed by atoms with van der Waals surface area (Å²) in [5.74, 6) is -0.663. The summed E-state index contributed by atoms with van der Waals surface area (Å²) in [4.78, 5) is 27.1. The average Bonchev–Trinajstić information content (AvgIpc) is 2.55. The fourth-order valence-corrected chi connectivity index (χ4v) is 1.86. The molecule has 0 unspecified atom stereocenters. The molecule has 0 aliphatic heterocycles. The SMILES string of the molecule is CCOC(=O)/C=C/c1ccc(NC(=O)c2ccc(Cl)nc2)cc1. The summed E-state index contributed by atoms with van der Waals surface area (Å²) in [6.07, 6.45) is 4.41. The Morgan fingerprint density at radius 3 is 2.57 bits per heavy atom. The standard InChI is InChI=1S/C17H15ClN2O3/c1-2-23-16(21)10-5-12-3-7-14(8-4-12)20-17(22)13-6-9-15(18)19-11-13/h3-11H,2H2,1H3,(H,20,22)/b10-5+. The number of hydrogen-bond donors (Lipinski definition) is 1. The molecule has 0 saturated carbocycles. The van der Waals surface area contributed by atoms with Gasteiger partial charge in [0.05, 0.1) is 12.2 Å². The van der Waals surface area contributed by atoms with Gasteiger partial charge in [0.25, 0.3) is 5.91 Å². The van der Waals surface area contributed by atoms with Gasteiger partial charge in [-0.15, -0.1) is 0 Å². The second-order valence-corrected chi connectivity index (χ2v) is 4.92. The van der Waals surface area contributed by atoms with Gasteiger partial charge in [-0.2, -0.15) is 0 Å². The molecule has 23 heavy (non-hydrogen) atoms. The first kappa shape index (κ1) is 16.7. The number of carbonyl (C=O) groups is 2. The predicted octanol–water partition coefficient (Wildman–Crippen LogP) is 3.56. The molecule has 1 aromatic heterocycles. The maximum Gasteiger partial charge on any atom is 0.330 e. The lowest BCUT2D eigenvalue weighted by molar-refractivity contribution is -0.137. The van der Waals surface area contributed by atoms with Crippen molar-refractivity contribution in [1.29, 1.82) is 0 Å². The van der Waals surface area contributed by atoms with Crippen LogP contribution in [0, 0.1) is 0 Å². The third kappa shape index (κ3) is 5.23. The summed E-state index contributed by atoms with van der Waals surface area (Å²) in [5.41, 5.74) is 1.88. The van der Waals surface area contributed by atoms with Crippen molar-refractivity contribution >= 4 is 35.2 Å². The minimum atomic E-state index is -0.389. The zero-order chi connectivity index (χ0) is 16.7. The number of pyridine rings is 1. The number of hydrogen-bond acceptors (Lipinski definition) is 4. The third-order valence-corrected chi connectivity index (χ3v) is 3.08. The molecule has 0 saturated heterocycles. The quantitative estimate of drug-likeness (QED) is 0.517. The Kier molecular flexibility index (Phi) is 5.88. The first-order valence-electron chi connectivity index (χ1n) is 6.96. The summed E-state index contributed by atoms with van der Waals surface area (Å²) in [5, 5.41) is 3.08. The molecule has 1 amide bonds. The Labute approximate surface area is 138 Å². The van der Waals surface area contributed by atoms with Crippen LogP contribution < -0.4 is 5.32 Å². The van der Waals surface area contributed by atoms with Gasteiger partial charge in [0.1, 0.15) is 5.15 Å². The number of carbonyl (C=O) groups excluding carboxylic acids is 2. The van der Waals surface area contributed by atoms with E-state index in [2.05, 4.69) is 10.3 Å². The third-order valence-electron chi connectivity index (χ3n) is 2.86. The molecule has 0 spiro atoms. The molecule has 2 aromatic rings. The number of benzene rings is 1. The summed E-state index contributed by atoms with van der Waals surface area (Å²) in [7, 11) is 0. The van der Waals surface area contributed by atoms with Crippen molar-refractivity contribution in [2.75, 3.05) is 11.9 Å². The van der Waals surface area contributed by atoms with Gasteiger partial charge in [-0.05, 0) is 42.8 Å². The Morgan fingerprint density at radius 2 is 1.96 bits per heavy atom. The van der Waals surface area contributed by atoms with Gasteiger partial charge >= 0.3 is 5.97 Å². The van der Waals surface area contributed by atoms with Gasteiger partial charge in [-0.1, -0.05) is 23.7 Å². The van der Waals surface area contributed by atoms with Crippen LogP contribution in [-0.4, -0.2) is 23.5 Å². The number of aromatic nitrogens is 1. The molecule has 0 radical (unpaired) electrons. The topological polar surface area (TPSA) is 68.3 Å². The number of ether oxygens (including phenoxy) is 1. The lowest BCUT2D eigenvalue weighted by atomic mass is 10.2. The van der Waals surface area contributed by atoms with Crippen LogP contribution in [0.1, 0.15) is 22.8 Å². The highest BCUT2D eigenvalue weighted by molar-refractivity contribution is 6.29. The first-order chi connectivity index (χ1) is 11.1. The van der Waals surface area contributed by atoms with E-state index in [-0.39, 0.29) is 11.9 Å². The highest BCUT2D eigenvalue weighted by atomic mass is 35.5. The van der Waals surface area contributed by atoms with E-state index < -0.39 is 0 Å². The molecule has 0 bridgehead atoms. The fourth-order valence-electron chi connectivity index (χ4n) is 1.75. The lowest BCUT2D eigenvalue weighted by Crippen LogP contribution is -2.11. The van der Waals surface area contributed by atoms with Crippen LogP contribution in [0.15, 0.2) is 48.7 Å². The molecule has 0 fully saturated rings. The second-order valence-electron chi connectivity index (χ2n) is 4.53. The number of anilines is 1. The predicted molar refractivity (Wildman–Crippen MR) is 89.3 cm³/mol. The summed E-state index contributed by atoms with van der Waals surface area (Å²) in [6, 6.07) is 10.2. The van der Waals surface area contributed by atoms with E-state index in [1.54, 1.807) is 49.4 Å². The number of nitrogens with one attached hydrogen (secondary N) is 1. The maximum atomic E-state index is 12.0. The molecule has 1 N–H and O–H groups in total. The van der Waals surface area contributed by atoms with E-state index in [4.69, 9.17) is 16.3 Å². The Bertz CT molecular complexity index is 710. The molecule has 118 valence electrons. The van der Waals surface area contributed by atoms with E-state index in [1.807, 2.05) is 0 Å². The Balaban J connectivity index is 1.98. The molecular weight excluding hydrogens is 316 g/mol. The van der Waals surface area contributed by atoms with Crippen molar-refractivity contribution in [2.45, 2.75) is 6.92 Å². The number of nitrogens with zero attached hydrogens (tertiary/aromatic N) is 1. The molecule has 0 atom stereocenters. The molecule has 1 heterocycles. The largest absolute Gasteiger partial charge is 0.463 e. The molecular formula is C17H15ClN2O3.